The number of nitrogens with one attached hydrogen (secondary N) is 1. The molecular formula is C19H20N4O2. The van der Waals surface area contributed by atoms with Crippen LogP contribution in [0.4, 0.5) is 5.82 Å². The van der Waals surface area contributed by atoms with Crippen molar-refractivity contribution >= 4 is 5.82 Å². The van der Waals surface area contributed by atoms with Crippen LogP contribution in [-0.4, -0.2) is 28.7 Å². The number of anilines is 1. The summed E-state index contributed by atoms with van der Waals surface area (Å²) in [5.74, 6) is 2.42. The number of hydrogen-bond donors (Lipinski definition) is 1. The molecule has 1 atom stereocenters. The minimum atomic E-state index is -0.0927. The Labute approximate surface area is 146 Å². The van der Waals surface area contributed by atoms with Gasteiger partial charge in [0.05, 0.1) is 12.9 Å². The first-order chi connectivity index (χ1) is 12.3. The number of aromatic nitrogens is 3. The van der Waals surface area contributed by atoms with Gasteiger partial charge in [0.1, 0.15) is 17.6 Å². The summed E-state index contributed by atoms with van der Waals surface area (Å²) in [6, 6.07) is 7.60. The van der Waals surface area contributed by atoms with Gasteiger partial charge in [-0.2, -0.15) is 0 Å². The highest BCUT2D eigenvalue weighted by Gasteiger charge is 2.23. The summed E-state index contributed by atoms with van der Waals surface area (Å²) in [6.45, 7) is 0.497. The quantitative estimate of drug-likeness (QED) is 0.743. The first-order valence-corrected chi connectivity index (χ1v) is 8.44. The third-order valence-corrected chi connectivity index (χ3v) is 4.40. The van der Waals surface area contributed by atoms with Crippen LogP contribution in [0, 0.1) is 0 Å². The van der Waals surface area contributed by atoms with Crippen LogP contribution in [0.15, 0.2) is 47.3 Å². The van der Waals surface area contributed by atoms with Crippen LogP contribution in [-0.2, 0) is 17.6 Å². The van der Waals surface area contributed by atoms with E-state index in [9.17, 15) is 0 Å². The predicted molar refractivity (Wildman–Crippen MR) is 94.2 cm³/mol. The molecule has 0 radical (unpaired) electrons. The molecule has 3 heterocycles. The van der Waals surface area contributed by atoms with Crippen LogP contribution in [0.5, 0.6) is 0 Å². The second-order valence-electron chi connectivity index (χ2n) is 6.08. The number of aryl methyl sites for hydroxylation is 1. The van der Waals surface area contributed by atoms with E-state index in [1.54, 1.807) is 25.8 Å². The Kier molecular flexibility index (Phi) is 4.43. The van der Waals surface area contributed by atoms with Crippen LogP contribution in [0.25, 0.3) is 11.4 Å². The fraction of sp³-hybridized carbons (Fsp3) is 0.316. The molecule has 4 rings (SSSR count). The molecule has 0 aliphatic heterocycles. The number of hydrogen-bond acceptors (Lipinski definition) is 6. The van der Waals surface area contributed by atoms with Crippen molar-refractivity contribution in [2.45, 2.75) is 25.3 Å². The van der Waals surface area contributed by atoms with E-state index in [0.717, 1.165) is 47.9 Å². The van der Waals surface area contributed by atoms with Crippen LogP contribution >= 0.6 is 0 Å². The molecule has 0 bridgehead atoms. The largest absolute Gasteiger partial charge is 0.467 e. The molecule has 0 fully saturated rings. The molecule has 1 aliphatic carbocycles. The van der Waals surface area contributed by atoms with Crippen molar-refractivity contribution in [3.63, 3.8) is 0 Å². The fourth-order valence-electron chi connectivity index (χ4n) is 3.20. The van der Waals surface area contributed by atoms with Gasteiger partial charge in [0.15, 0.2) is 5.82 Å². The summed E-state index contributed by atoms with van der Waals surface area (Å²) in [7, 11) is 1.68. The Morgan fingerprint density at radius 2 is 2.08 bits per heavy atom. The van der Waals surface area contributed by atoms with E-state index in [4.69, 9.17) is 19.1 Å². The highest BCUT2D eigenvalue weighted by molar-refractivity contribution is 5.60. The fourth-order valence-corrected chi connectivity index (χ4v) is 3.20. The van der Waals surface area contributed by atoms with Gasteiger partial charge in [-0.25, -0.2) is 9.97 Å². The third-order valence-electron chi connectivity index (χ3n) is 4.40. The van der Waals surface area contributed by atoms with Gasteiger partial charge in [-0.05, 0) is 43.5 Å². The second-order valence-corrected chi connectivity index (χ2v) is 6.08. The molecule has 0 saturated carbocycles. The molecule has 25 heavy (non-hydrogen) atoms. The molecule has 3 aromatic heterocycles. The Balaban J connectivity index is 1.72. The highest BCUT2D eigenvalue weighted by Crippen LogP contribution is 2.31. The summed E-state index contributed by atoms with van der Waals surface area (Å²) in [5, 5.41) is 3.51. The lowest BCUT2D eigenvalue weighted by Gasteiger charge is -2.19. The molecule has 1 aliphatic rings. The van der Waals surface area contributed by atoms with Gasteiger partial charge in [0, 0.05) is 36.3 Å². The Morgan fingerprint density at radius 3 is 2.84 bits per heavy atom. The average Bonchev–Trinajstić information content (AvgIpc) is 3.33. The van der Waals surface area contributed by atoms with Gasteiger partial charge in [0.25, 0.3) is 0 Å². The Hall–Kier alpha value is -2.73. The molecule has 3 aromatic rings. The summed E-state index contributed by atoms with van der Waals surface area (Å²) in [6.07, 6.45) is 8.28. The van der Waals surface area contributed by atoms with E-state index >= 15 is 0 Å². The standard InChI is InChI=1S/C19H20N4O2/c1-24-12-16(17-6-3-11-25-17)22-19-14-4-2-5-15(14)21-18(23-19)13-7-9-20-10-8-13/h3,6-11,16H,2,4-5,12H2,1H3,(H,21,22,23). The molecule has 1 N–H and O–H groups in total. The second kappa shape index (κ2) is 7.03. The summed E-state index contributed by atoms with van der Waals surface area (Å²) < 4.78 is 10.9. The van der Waals surface area contributed by atoms with Gasteiger partial charge < -0.3 is 14.5 Å². The first kappa shape index (κ1) is 15.8. The van der Waals surface area contributed by atoms with E-state index in [1.807, 2.05) is 24.3 Å². The van der Waals surface area contributed by atoms with Crippen molar-refractivity contribution < 1.29 is 9.15 Å². The maximum atomic E-state index is 5.56. The van der Waals surface area contributed by atoms with E-state index in [0.29, 0.717) is 6.61 Å². The zero-order valence-corrected chi connectivity index (χ0v) is 14.1. The van der Waals surface area contributed by atoms with Crippen molar-refractivity contribution in [1.82, 2.24) is 15.0 Å². The molecule has 6 heteroatoms. The van der Waals surface area contributed by atoms with Gasteiger partial charge in [0.2, 0.25) is 0 Å². The Bertz CT molecular complexity index is 834. The van der Waals surface area contributed by atoms with Crippen LogP contribution in [0.1, 0.15) is 29.5 Å². The van der Waals surface area contributed by atoms with E-state index < -0.39 is 0 Å². The molecule has 6 nitrogen and oxygen atoms in total. The van der Waals surface area contributed by atoms with Crippen LogP contribution < -0.4 is 5.32 Å². The lowest BCUT2D eigenvalue weighted by atomic mass is 10.1. The molecule has 1 unspecified atom stereocenters. The molecule has 0 amide bonds. The minimum absolute atomic E-state index is 0.0927. The van der Waals surface area contributed by atoms with Gasteiger partial charge >= 0.3 is 0 Å². The summed E-state index contributed by atoms with van der Waals surface area (Å²) in [5.41, 5.74) is 3.29. The van der Waals surface area contributed by atoms with Crippen molar-refractivity contribution in [2.24, 2.45) is 0 Å². The zero-order valence-electron chi connectivity index (χ0n) is 14.1. The van der Waals surface area contributed by atoms with Gasteiger partial charge in [-0.3, -0.25) is 4.98 Å². The first-order valence-electron chi connectivity index (χ1n) is 8.44. The number of rotatable bonds is 6. The van der Waals surface area contributed by atoms with E-state index in [1.165, 1.54) is 5.56 Å². The maximum absolute atomic E-state index is 5.56. The van der Waals surface area contributed by atoms with Crippen molar-refractivity contribution in [1.29, 1.82) is 0 Å². The number of pyridine rings is 1. The number of fused-ring (bicyclic) bond motifs is 1. The third kappa shape index (κ3) is 3.25. The lowest BCUT2D eigenvalue weighted by Crippen LogP contribution is -2.18. The van der Waals surface area contributed by atoms with Crippen LogP contribution in [0.3, 0.4) is 0 Å². The average molecular weight is 336 g/mol. The molecule has 0 spiro atoms. The SMILES string of the molecule is COCC(Nc1nc(-c2ccncc2)nc2c1CCC2)c1ccco1. The Morgan fingerprint density at radius 1 is 1.20 bits per heavy atom. The van der Waals surface area contributed by atoms with E-state index in [-0.39, 0.29) is 6.04 Å². The minimum Gasteiger partial charge on any atom is -0.467 e. The summed E-state index contributed by atoms with van der Waals surface area (Å²) in [4.78, 5) is 13.6. The van der Waals surface area contributed by atoms with Gasteiger partial charge in [-0.15, -0.1) is 0 Å². The van der Waals surface area contributed by atoms with Gasteiger partial charge in [-0.1, -0.05) is 0 Å². The normalized spacial score (nSPS) is 14.3. The molecule has 128 valence electrons. The lowest BCUT2D eigenvalue weighted by molar-refractivity contribution is 0.178. The number of methoxy groups -OCH3 is 1. The molecule has 0 saturated heterocycles. The number of ether oxygens (including phenoxy) is 1. The predicted octanol–water partition coefficient (Wildman–Crippen LogP) is 3.42. The van der Waals surface area contributed by atoms with E-state index in [2.05, 4.69) is 10.3 Å². The molecular weight excluding hydrogens is 316 g/mol. The monoisotopic (exact) mass is 336 g/mol. The highest BCUT2D eigenvalue weighted by atomic mass is 16.5. The zero-order chi connectivity index (χ0) is 17.1. The smallest absolute Gasteiger partial charge is 0.161 e. The number of nitrogens with zero attached hydrogens (tertiary/aromatic N) is 3. The van der Waals surface area contributed by atoms with Crippen molar-refractivity contribution in [3.05, 3.63) is 59.9 Å². The van der Waals surface area contributed by atoms with Crippen molar-refractivity contribution in [3.8, 4) is 11.4 Å². The molecule has 0 aromatic carbocycles. The maximum Gasteiger partial charge on any atom is 0.161 e. The topological polar surface area (TPSA) is 73.1 Å². The van der Waals surface area contributed by atoms with Crippen molar-refractivity contribution in [2.75, 3.05) is 19.0 Å². The van der Waals surface area contributed by atoms with Crippen LogP contribution in [0.2, 0.25) is 0 Å². The summed E-state index contributed by atoms with van der Waals surface area (Å²) >= 11 is 0. The number of furan rings is 1.